The quantitative estimate of drug-likeness (QED) is 0.495. The fourth-order valence-electron chi connectivity index (χ4n) is 2.78. The third-order valence-corrected chi connectivity index (χ3v) is 4.83. The van der Waals surface area contributed by atoms with Crippen molar-refractivity contribution in [3.63, 3.8) is 0 Å². The Morgan fingerprint density at radius 1 is 0.905 bits per heavy atom. The minimum Gasteiger partial charge on any atom is -0.207 e. The van der Waals surface area contributed by atoms with Gasteiger partial charge in [0, 0.05) is 0 Å². The standard InChI is InChI=1S/C19H16BrF/c1-12-9-14(11-15(21)10-12)19(20)18-8-7-13(2)16-5-3-4-6-17(16)18/h3-11,19H,1-2H3. The Kier molecular flexibility index (Phi) is 3.81. The monoisotopic (exact) mass is 342 g/mol. The lowest BCUT2D eigenvalue weighted by atomic mass is 9.95. The number of fused-ring (bicyclic) bond motifs is 1. The van der Waals surface area contributed by atoms with Crippen LogP contribution in [0.3, 0.4) is 0 Å². The lowest BCUT2D eigenvalue weighted by Crippen LogP contribution is -1.97. The van der Waals surface area contributed by atoms with E-state index in [0.717, 1.165) is 11.1 Å². The van der Waals surface area contributed by atoms with E-state index in [1.54, 1.807) is 12.1 Å². The first-order valence-corrected chi connectivity index (χ1v) is 7.87. The van der Waals surface area contributed by atoms with Crippen LogP contribution >= 0.6 is 15.9 Å². The zero-order valence-electron chi connectivity index (χ0n) is 12.0. The summed E-state index contributed by atoms with van der Waals surface area (Å²) < 4.78 is 13.7. The molecule has 106 valence electrons. The number of hydrogen-bond donors (Lipinski definition) is 0. The van der Waals surface area contributed by atoms with Gasteiger partial charge in [-0.05, 0) is 59.0 Å². The van der Waals surface area contributed by atoms with Crippen molar-refractivity contribution < 1.29 is 4.39 Å². The van der Waals surface area contributed by atoms with Gasteiger partial charge in [-0.25, -0.2) is 4.39 Å². The molecule has 0 aromatic heterocycles. The smallest absolute Gasteiger partial charge is 0.123 e. The third-order valence-electron chi connectivity index (χ3n) is 3.81. The van der Waals surface area contributed by atoms with Crippen LogP contribution in [0.2, 0.25) is 0 Å². The van der Waals surface area contributed by atoms with Gasteiger partial charge in [0.05, 0.1) is 4.83 Å². The van der Waals surface area contributed by atoms with Crippen LogP contribution < -0.4 is 0 Å². The highest BCUT2D eigenvalue weighted by Crippen LogP contribution is 2.36. The third kappa shape index (κ3) is 2.73. The number of halogens is 2. The van der Waals surface area contributed by atoms with Crippen LogP contribution in [0.5, 0.6) is 0 Å². The molecule has 0 bridgehead atoms. The Morgan fingerprint density at radius 3 is 2.33 bits per heavy atom. The number of benzene rings is 3. The van der Waals surface area contributed by atoms with Crippen LogP contribution in [0.4, 0.5) is 4.39 Å². The molecule has 0 N–H and O–H groups in total. The molecule has 0 amide bonds. The van der Waals surface area contributed by atoms with Gasteiger partial charge in [0.2, 0.25) is 0 Å². The second-order valence-electron chi connectivity index (χ2n) is 5.44. The molecular formula is C19H16BrF. The molecule has 21 heavy (non-hydrogen) atoms. The topological polar surface area (TPSA) is 0 Å². The van der Waals surface area contributed by atoms with Crippen molar-refractivity contribution >= 4 is 26.7 Å². The SMILES string of the molecule is Cc1cc(F)cc(C(Br)c2ccc(C)c3ccccc23)c1. The van der Waals surface area contributed by atoms with Crippen LogP contribution in [0.1, 0.15) is 27.1 Å². The van der Waals surface area contributed by atoms with Gasteiger partial charge < -0.3 is 0 Å². The molecule has 0 radical (unpaired) electrons. The summed E-state index contributed by atoms with van der Waals surface area (Å²) >= 11 is 3.74. The second kappa shape index (κ2) is 5.61. The Labute approximate surface area is 132 Å². The zero-order chi connectivity index (χ0) is 15.0. The number of alkyl halides is 1. The summed E-state index contributed by atoms with van der Waals surface area (Å²) in [4.78, 5) is -0.0163. The predicted octanol–water partition coefficient (Wildman–Crippen LogP) is 6.08. The first-order chi connectivity index (χ1) is 10.1. The lowest BCUT2D eigenvalue weighted by molar-refractivity contribution is 0.624. The molecule has 0 saturated carbocycles. The van der Waals surface area contributed by atoms with Crippen molar-refractivity contribution in [2.75, 3.05) is 0 Å². The van der Waals surface area contributed by atoms with Gasteiger partial charge in [-0.2, -0.15) is 0 Å². The summed E-state index contributed by atoms with van der Waals surface area (Å²) in [6.45, 7) is 4.03. The van der Waals surface area contributed by atoms with Crippen LogP contribution in [-0.4, -0.2) is 0 Å². The lowest BCUT2D eigenvalue weighted by Gasteiger charge is -2.16. The average molecular weight is 343 g/mol. The molecule has 0 spiro atoms. The predicted molar refractivity (Wildman–Crippen MR) is 90.6 cm³/mol. The van der Waals surface area contributed by atoms with Gasteiger partial charge in [0.25, 0.3) is 0 Å². The van der Waals surface area contributed by atoms with Crippen molar-refractivity contribution in [2.45, 2.75) is 18.7 Å². The Hall–Kier alpha value is -1.67. The van der Waals surface area contributed by atoms with Gasteiger partial charge in [-0.3, -0.25) is 0 Å². The van der Waals surface area contributed by atoms with Crippen molar-refractivity contribution in [3.05, 3.63) is 82.7 Å². The van der Waals surface area contributed by atoms with Crippen LogP contribution in [0, 0.1) is 19.7 Å². The Balaban J connectivity index is 2.18. The van der Waals surface area contributed by atoms with Crippen molar-refractivity contribution in [1.82, 2.24) is 0 Å². The maximum Gasteiger partial charge on any atom is 0.123 e. The number of hydrogen-bond acceptors (Lipinski definition) is 0. The van der Waals surface area contributed by atoms with Crippen LogP contribution in [-0.2, 0) is 0 Å². The summed E-state index contributed by atoms with van der Waals surface area (Å²) in [5.41, 5.74) is 4.30. The van der Waals surface area contributed by atoms with E-state index < -0.39 is 0 Å². The van der Waals surface area contributed by atoms with E-state index >= 15 is 0 Å². The molecule has 0 nitrogen and oxygen atoms in total. The van der Waals surface area contributed by atoms with E-state index in [2.05, 4.69) is 53.2 Å². The zero-order valence-corrected chi connectivity index (χ0v) is 13.6. The highest BCUT2D eigenvalue weighted by atomic mass is 79.9. The molecule has 1 atom stereocenters. The fraction of sp³-hybridized carbons (Fsp3) is 0.158. The maximum absolute atomic E-state index is 13.7. The highest BCUT2D eigenvalue weighted by molar-refractivity contribution is 9.09. The molecule has 0 fully saturated rings. The molecule has 0 aliphatic carbocycles. The van der Waals surface area contributed by atoms with Gasteiger partial charge in [-0.15, -0.1) is 0 Å². The van der Waals surface area contributed by atoms with Crippen molar-refractivity contribution in [3.8, 4) is 0 Å². The van der Waals surface area contributed by atoms with E-state index in [1.807, 2.05) is 19.1 Å². The van der Waals surface area contributed by atoms with E-state index in [1.165, 1.54) is 21.9 Å². The molecular weight excluding hydrogens is 327 g/mol. The molecule has 0 aliphatic rings. The summed E-state index contributed by atoms with van der Waals surface area (Å²) in [6, 6.07) is 17.8. The molecule has 3 aromatic carbocycles. The Morgan fingerprint density at radius 2 is 1.62 bits per heavy atom. The molecule has 0 saturated heterocycles. The summed E-state index contributed by atoms with van der Waals surface area (Å²) in [5, 5.41) is 2.45. The maximum atomic E-state index is 13.7. The van der Waals surface area contributed by atoms with Gasteiger partial charge in [0.15, 0.2) is 0 Å². The van der Waals surface area contributed by atoms with Crippen LogP contribution in [0.25, 0.3) is 10.8 Å². The molecule has 1 unspecified atom stereocenters. The highest BCUT2D eigenvalue weighted by Gasteiger charge is 2.15. The first-order valence-electron chi connectivity index (χ1n) is 6.95. The minimum absolute atomic E-state index is 0.0163. The molecule has 0 aliphatic heterocycles. The largest absolute Gasteiger partial charge is 0.207 e. The van der Waals surface area contributed by atoms with Crippen molar-refractivity contribution in [1.29, 1.82) is 0 Å². The normalized spacial score (nSPS) is 12.6. The van der Waals surface area contributed by atoms with Gasteiger partial charge in [0.1, 0.15) is 5.82 Å². The average Bonchev–Trinajstić information content (AvgIpc) is 2.46. The van der Waals surface area contributed by atoms with E-state index in [9.17, 15) is 4.39 Å². The van der Waals surface area contributed by atoms with E-state index in [4.69, 9.17) is 0 Å². The van der Waals surface area contributed by atoms with E-state index in [-0.39, 0.29) is 10.6 Å². The Bertz CT molecular complexity index is 788. The summed E-state index contributed by atoms with van der Waals surface area (Å²) in [6.07, 6.45) is 0. The summed E-state index contributed by atoms with van der Waals surface area (Å²) in [7, 11) is 0. The first kappa shape index (κ1) is 14.3. The number of rotatable bonds is 2. The fourth-order valence-corrected chi connectivity index (χ4v) is 3.45. The second-order valence-corrected chi connectivity index (χ2v) is 6.36. The summed E-state index contributed by atoms with van der Waals surface area (Å²) in [5.74, 6) is -0.189. The minimum atomic E-state index is -0.189. The van der Waals surface area contributed by atoms with Gasteiger partial charge in [-0.1, -0.05) is 58.4 Å². The molecule has 3 aromatic rings. The van der Waals surface area contributed by atoms with Gasteiger partial charge >= 0.3 is 0 Å². The van der Waals surface area contributed by atoms with Crippen molar-refractivity contribution in [2.24, 2.45) is 0 Å². The molecule has 2 heteroatoms. The molecule has 3 rings (SSSR count). The molecule has 0 heterocycles. The van der Waals surface area contributed by atoms with Crippen LogP contribution in [0.15, 0.2) is 54.6 Å². The number of aryl methyl sites for hydroxylation is 2. The van der Waals surface area contributed by atoms with E-state index in [0.29, 0.717) is 0 Å².